The molecule has 0 radical (unpaired) electrons. The van der Waals surface area contributed by atoms with Crippen LogP contribution in [0.25, 0.3) is 0 Å². The molecule has 0 aliphatic carbocycles. The van der Waals surface area contributed by atoms with E-state index < -0.39 is 6.89 Å². The van der Waals surface area contributed by atoms with Crippen molar-refractivity contribution in [2.45, 2.75) is 0 Å². The van der Waals surface area contributed by atoms with Crippen LogP contribution in [0.3, 0.4) is 0 Å². The first-order valence-corrected chi connectivity index (χ1v) is 3.04. The van der Waals surface area contributed by atoms with Crippen molar-refractivity contribution in [2.24, 2.45) is 0 Å². The van der Waals surface area contributed by atoms with Crippen molar-refractivity contribution in [3.05, 3.63) is 12.5 Å². The molecule has 1 saturated heterocycles. The fourth-order valence-electron chi connectivity index (χ4n) is 1.08. The van der Waals surface area contributed by atoms with E-state index in [0.29, 0.717) is 6.61 Å². The Morgan fingerprint density at radius 1 is 1.33 bits per heavy atom. The van der Waals surface area contributed by atoms with Gasteiger partial charge in [-0.1, -0.05) is 0 Å². The summed E-state index contributed by atoms with van der Waals surface area (Å²) in [5.74, 6) is 0. The summed E-state index contributed by atoms with van der Waals surface area (Å²) >= 11 is 0. The second-order valence-electron chi connectivity index (χ2n) is 2.14. The molecular formula is C4H8BNO3. The van der Waals surface area contributed by atoms with Crippen molar-refractivity contribution >= 4 is 6.89 Å². The summed E-state index contributed by atoms with van der Waals surface area (Å²) in [6, 6.07) is 0. The number of rotatable bonds is 0. The van der Waals surface area contributed by atoms with Crippen LogP contribution >= 0.6 is 0 Å². The Labute approximate surface area is 52.8 Å². The highest BCUT2D eigenvalue weighted by atomic mass is 16.8. The van der Waals surface area contributed by atoms with Crippen molar-refractivity contribution < 1.29 is 19.2 Å². The van der Waals surface area contributed by atoms with Gasteiger partial charge in [-0.05, 0) is 0 Å². The predicted molar refractivity (Wildman–Crippen MR) is 29.8 cm³/mol. The molecular weight excluding hydrogens is 121 g/mol. The van der Waals surface area contributed by atoms with Gasteiger partial charge in [0.05, 0.1) is 25.7 Å². The second kappa shape index (κ2) is 1.65. The first-order chi connectivity index (χ1) is 4.41. The third-order valence-corrected chi connectivity index (χ3v) is 1.52. The molecule has 2 rings (SSSR count). The molecule has 5 heteroatoms. The lowest BCUT2D eigenvalue weighted by atomic mass is 10.0. The SMILES string of the molecule is C1=CO[B-]2([NH2+]CCO2)O1. The Bertz CT molecular complexity index is 133. The van der Waals surface area contributed by atoms with Crippen LogP contribution in [0.15, 0.2) is 12.5 Å². The van der Waals surface area contributed by atoms with Gasteiger partial charge in [0.15, 0.2) is 0 Å². The van der Waals surface area contributed by atoms with Crippen LogP contribution < -0.4 is 5.23 Å². The Balaban J connectivity index is 2.07. The lowest BCUT2D eigenvalue weighted by molar-refractivity contribution is -0.547. The first kappa shape index (κ1) is 5.14. The van der Waals surface area contributed by atoms with Gasteiger partial charge in [0.1, 0.15) is 0 Å². The molecule has 0 aromatic heterocycles. The molecule has 0 saturated carbocycles. The Kier molecular flexibility index (Phi) is 0.942. The van der Waals surface area contributed by atoms with Crippen molar-refractivity contribution in [2.75, 3.05) is 13.2 Å². The van der Waals surface area contributed by atoms with Gasteiger partial charge in [-0.25, -0.2) is 0 Å². The minimum atomic E-state index is -1.46. The molecule has 1 fully saturated rings. The Morgan fingerprint density at radius 2 is 2.11 bits per heavy atom. The molecule has 0 aromatic carbocycles. The lowest BCUT2D eigenvalue weighted by Crippen LogP contribution is -2.98. The zero-order valence-electron chi connectivity index (χ0n) is 4.95. The molecule has 0 atom stereocenters. The highest BCUT2D eigenvalue weighted by Gasteiger charge is 2.46. The van der Waals surface area contributed by atoms with Crippen molar-refractivity contribution in [1.82, 2.24) is 0 Å². The van der Waals surface area contributed by atoms with Crippen molar-refractivity contribution in [1.29, 1.82) is 0 Å². The summed E-state index contributed by atoms with van der Waals surface area (Å²) in [6.45, 7) is 0.170. The smallest absolute Gasteiger partial charge is 0.607 e. The molecule has 2 aliphatic heterocycles. The third kappa shape index (κ3) is 0.692. The molecule has 2 N–H and O–H groups in total. The monoisotopic (exact) mass is 129 g/mol. The molecule has 0 bridgehead atoms. The lowest BCUT2D eigenvalue weighted by Gasteiger charge is -2.21. The van der Waals surface area contributed by atoms with E-state index in [2.05, 4.69) is 0 Å². The fraction of sp³-hybridized carbons (Fsp3) is 0.500. The van der Waals surface area contributed by atoms with Gasteiger partial charge in [0.2, 0.25) is 0 Å². The molecule has 9 heavy (non-hydrogen) atoms. The minimum Gasteiger partial charge on any atom is -0.607 e. The summed E-state index contributed by atoms with van der Waals surface area (Å²) in [6.07, 6.45) is 3.03. The maximum absolute atomic E-state index is 5.20. The van der Waals surface area contributed by atoms with Gasteiger partial charge < -0.3 is 19.2 Å². The van der Waals surface area contributed by atoms with Crippen molar-refractivity contribution in [3.63, 3.8) is 0 Å². The van der Waals surface area contributed by atoms with E-state index in [1.165, 1.54) is 12.5 Å². The Hall–Kier alpha value is -0.675. The largest absolute Gasteiger partial charge is 0.737 e. The second-order valence-corrected chi connectivity index (χ2v) is 2.14. The molecule has 4 nitrogen and oxygen atoms in total. The first-order valence-electron chi connectivity index (χ1n) is 3.04. The van der Waals surface area contributed by atoms with Crippen LogP contribution in [0.4, 0.5) is 0 Å². The Morgan fingerprint density at radius 3 is 2.67 bits per heavy atom. The number of hydrogen-bond acceptors (Lipinski definition) is 3. The number of nitrogens with two attached hydrogens (primary N) is 1. The third-order valence-electron chi connectivity index (χ3n) is 1.52. The average molecular weight is 129 g/mol. The summed E-state index contributed by atoms with van der Waals surface area (Å²) in [5, 5.41) is 1.93. The molecule has 1 spiro atoms. The molecule has 0 aromatic rings. The normalized spacial score (nSPS) is 28.4. The summed E-state index contributed by atoms with van der Waals surface area (Å²) in [4.78, 5) is 0. The zero-order chi connectivity index (χ0) is 6.16. The average Bonchev–Trinajstić information content (AvgIpc) is 2.45. The highest BCUT2D eigenvalue weighted by Crippen LogP contribution is 2.10. The maximum Gasteiger partial charge on any atom is 0.737 e. The van der Waals surface area contributed by atoms with Crippen molar-refractivity contribution in [3.8, 4) is 0 Å². The zero-order valence-corrected chi connectivity index (χ0v) is 4.95. The maximum atomic E-state index is 5.20. The van der Waals surface area contributed by atoms with Crippen LogP contribution in [0.5, 0.6) is 0 Å². The van der Waals surface area contributed by atoms with Gasteiger partial charge in [-0.3, -0.25) is 0 Å². The van der Waals surface area contributed by atoms with E-state index in [-0.39, 0.29) is 0 Å². The standard InChI is InChI=1S/C4H8BNO3/c1-2-7-5(6-1)8-3-4-9-5/h3-4H,1-2,6H2. The predicted octanol–water partition coefficient (Wildman–Crippen LogP) is -1.47. The molecule has 2 heterocycles. The minimum absolute atomic E-state index is 0.710. The molecule has 0 unspecified atom stereocenters. The van der Waals surface area contributed by atoms with Gasteiger partial charge >= 0.3 is 6.89 Å². The number of quaternary nitrogens is 1. The molecule has 0 amide bonds. The van der Waals surface area contributed by atoms with E-state index in [0.717, 1.165) is 6.54 Å². The van der Waals surface area contributed by atoms with Crippen LogP contribution in [-0.2, 0) is 14.0 Å². The summed E-state index contributed by atoms with van der Waals surface area (Å²) < 4.78 is 15.4. The fourth-order valence-corrected chi connectivity index (χ4v) is 1.08. The van der Waals surface area contributed by atoms with Crippen LogP contribution in [-0.4, -0.2) is 20.0 Å². The molecule has 50 valence electrons. The topological polar surface area (TPSA) is 44.3 Å². The van der Waals surface area contributed by atoms with Crippen LogP contribution in [0.2, 0.25) is 0 Å². The van der Waals surface area contributed by atoms with E-state index >= 15 is 0 Å². The van der Waals surface area contributed by atoms with E-state index in [4.69, 9.17) is 14.0 Å². The van der Waals surface area contributed by atoms with Crippen LogP contribution in [0, 0.1) is 0 Å². The number of hydrogen-bond donors (Lipinski definition) is 1. The van der Waals surface area contributed by atoms with Gasteiger partial charge in [0, 0.05) is 0 Å². The van der Waals surface area contributed by atoms with E-state index in [9.17, 15) is 0 Å². The van der Waals surface area contributed by atoms with Gasteiger partial charge in [-0.15, -0.1) is 0 Å². The van der Waals surface area contributed by atoms with Gasteiger partial charge in [0.25, 0.3) is 0 Å². The quantitative estimate of drug-likeness (QED) is 0.406. The molecule has 2 aliphatic rings. The van der Waals surface area contributed by atoms with Crippen LogP contribution in [0.1, 0.15) is 0 Å². The van der Waals surface area contributed by atoms with E-state index in [1.54, 1.807) is 0 Å². The van der Waals surface area contributed by atoms with E-state index in [1.807, 2.05) is 5.23 Å². The highest BCUT2D eigenvalue weighted by molar-refractivity contribution is 6.52. The summed E-state index contributed by atoms with van der Waals surface area (Å²) in [7, 11) is 0. The van der Waals surface area contributed by atoms with Gasteiger partial charge in [-0.2, -0.15) is 0 Å². The summed E-state index contributed by atoms with van der Waals surface area (Å²) in [5.41, 5.74) is 0.